The monoisotopic (exact) mass is 341 g/mol. The fourth-order valence-corrected chi connectivity index (χ4v) is 2.87. The van der Waals surface area contributed by atoms with Gasteiger partial charge in [-0.3, -0.25) is 0 Å². The Hall–Kier alpha value is -0.580. The molecule has 2 N–H and O–H groups in total. The van der Waals surface area contributed by atoms with E-state index in [1.165, 1.54) is 5.56 Å². The predicted molar refractivity (Wildman–Crippen MR) is 85.2 cm³/mol. The molecule has 0 bridgehead atoms. The third-order valence-corrected chi connectivity index (χ3v) is 4.27. The van der Waals surface area contributed by atoms with Crippen LogP contribution in [0.2, 0.25) is 0 Å². The van der Waals surface area contributed by atoms with E-state index in [0.717, 1.165) is 35.9 Å². The van der Waals surface area contributed by atoms with Crippen molar-refractivity contribution in [2.45, 2.75) is 57.8 Å². The van der Waals surface area contributed by atoms with Crippen LogP contribution in [0.25, 0.3) is 0 Å². The fraction of sp³-hybridized carbons (Fsp3) is 0.625. The molecule has 1 heterocycles. The lowest BCUT2D eigenvalue weighted by atomic mass is 10.0. The lowest BCUT2D eigenvalue weighted by Crippen LogP contribution is -2.23. The van der Waals surface area contributed by atoms with Gasteiger partial charge in [-0.15, -0.1) is 0 Å². The average molecular weight is 342 g/mol. The van der Waals surface area contributed by atoms with E-state index in [-0.39, 0.29) is 12.1 Å². The predicted octanol–water partition coefficient (Wildman–Crippen LogP) is 3.68. The maximum Gasteiger partial charge on any atom is 0.122 e. The first-order valence-electron chi connectivity index (χ1n) is 7.40. The lowest BCUT2D eigenvalue weighted by Gasteiger charge is -2.17. The Labute approximate surface area is 130 Å². The summed E-state index contributed by atoms with van der Waals surface area (Å²) in [4.78, 5) is 0. The molecule has 0 aromatic heterocycles. The van der Waals surface area contributed by atoms with E-state index < -0.39 is 0 Å². The maximum absolute atomic E-state index is 6.06. The smallest absolute Gasteiger partial charge is 0.122 e. The molecule has 1 aromatic rings. The molecule has 3 nitrogen and oxygen atoms in total. The summed E-state index contributed by atoms with van der Waals surface area (Å²) in [6.45, 7) is 4.85. The Morgan fingerprint density at radius 2 is 2.25 bits per heavy atom. The van der Waals surface area contributed by atoms with Gasteiger partial charge in [0, 0.05) is 10.5 Å². The summed E-state index contributed by atoms with van der Waals surface area (Å²) in [5, 5.41) is 0. The summed E-state index contributed by atoms with van der Waals surface area (Å²) < 4.78 is 12.8. The third-order valence-electron chi connectivity index (χ3n) is 3.77. The lowest BCUT2D eigenvalue weighted by molar-refractivity contribution is 0.0262. The molecule has 0 spiro atoms. The zero-order valence-electron chi connectivity index (χ0n) is 12.3. The highest BCUT2D eigenvalue weighted by Crippen LogP contribution is 2.26. The highest BCUT2D eigenvalue weighted by atomic mass is 79.9. The number of nitrogens with two attached hydrogens (primary N) is 1. The van der Waals surface area contributed by atoms with Crippen LogP contribution >= 0.6 is 15.9 Å². The minimum Gasteiger partial charge on any atom is -0.491 e. The Morgan fingerprint density at radius 1 is 1.45 bits per heavy atom. The van der Waals surface area contributed by atoms with Crippen molar-refractivity contribution in [2.75, 3.05) is 6.61 Å². The van der Waals surface area contributed by atoms with Crippen LogP contribution in [0.1, 0.15) is 38.7 Å². The molecule has 1 saturated heterocycles. The highest BCUT2D eigenvalue weighted by molar-refractivity contribution is 9.10. The Morgan fingerprint density at radius 3 is 2.90 bits per heavy atom. The standard InChI is InChI=1S/C16H24BrNO2/c1-3-14(18)9-12-8-13(17)5-7-16(12)19-10-15-6-4-11(2)20-15/h5,7-8,11,14-15H,3-4,6,9-10,18H2,1-2H3. The van der Waals surface area contributed by atoms with Crippen LogP contribution in [-0.4, -0.2) is 24.9 Å². The molecule has 1 fully saturated rings. The zero-order chi connectivity index (χ0) is 14.5. The molecule has 1 aliphatic rings. The number of ether oxygens (including phenoxy) is 2. The van der Waals surface area contributed by atoms with Gasteiger partial charge < -0.3 is 15.2 Å². The van der Waals surface area contributed by atoms with Crippen LogP contribution in [0.15, 0.2) is 22.7 Å². The molecule has 2 rings (SSSR count). The molecule has 4 heteroatoms. The number of halogens is 1. The second-order valence-corrected chi connectivity index (χ2v) is 6.50. The van der Waals surface area contributed by atoms with Crippen LogP contribution in [0.4, 0.5) is 0 Å². The second-order valence-electron chi connectivity index (χ2n) is 5.58. The minimum absolute atomic E-state index is 0.175. The van der Waals surface area contributed by atoms with Crippen molar-refractivity contribution >= 4 is 15.9 Å². The number of hydrogen-bond donors (Lipinski definition) is 1. The van der Waals surface area contributed by atoms with Crippen molar-refractivity contribution in [3.05, 3.63) is 28.2 Å². The van der Waals surface area contributed by atoms with Crippen molar-refractivity contribution in [1.29, 1.82) is 0 Å². The van der Waals surface area contributed by atoms with E-state index in [9.17, 15) is 0 Å². The fourth-order valence-electron chi connectivity index (χ4n) is 2.47. The Kier molecular flexibility index (Phi) is 5.87. The van der Waals surface area contributed by atoms with Gasteiger partial charge in [0.05, 0.1) is 12.2 Å². The third kappa shape index (κ3) is 4.47. The van der Waals surface area contributed by atoms with Crippen LogP contribution < -0.4 is 10.5 Å². The van der Waals surface area contributed by atoms with Crippen LogP contribution in [-0.2, 0) is 11.2 Å². The van der Waals surface area contributed by atoms with Gasteiger partial charge >= 0.3 is 0 Å². The van der Waals surface area contributed by atoms with Gasteiger partial charge in [-0.1, -0.05) is 22.9 Å². The molecule has 0 aliphatic carbocycles. The van der Waals surface area contributed by atoms with E-state index in [1.807, 2.05) is 12.1 Å². The molecular weight excluding hydrogens is 318 g/mol. The highest BCUT2D eigenvalue weighted by Gasteiger charge is 2.22. The molecule has 20 heavy (non-hydrogen) atoms. The summed E-state index contributed by atoms with van der Waals surface area (Å²) in [5.41, 5.74) is 7.23. The molecule has 112 valence electrons. The quantitative estimate of drug-likeness (QED) is 0.858. The summed E-state index contributed by atoms with van der Waals surface area (Å²) in [6, 6.07) is 6.30. The van der Waals surface area contributed by atoms with Crippen molar-refractivity contribution < 1.29 is 9.47 Å². The van der Waals surface area contributed by atoms with Gasteiger partial charge in [-0.05, 0) is 56.4 Å². The van der Waals surface area contributed by atoms with Gasteiger partial charge in [0.25, 0.3) is 0 Å². The molecule has 1 aliphatic heterocycles. The molecule has 1 aromatic carbocycles. The molecule has 0 amide bonds. The van der Waals surface area contributed by atoms with Crippen LogP contribution in [0.5, 0.6) is 5.75 Å². The first-order chi connectivity index (χ1) is 9.58. The van der Waals surface area contributed by atoms with Crippen LogP contribution in [0.3, 0.4) is 0 Å². The van der Waals surface area contributed by atoms with Gasteiger partial charge in [-0.2, -0.15) is 0 Å². The molecule has 0 radical (unpaired) electrons. The SMILES string of the molecule is CCC(N)Cc1cc(Br)ccc1OCC1CCC(C)O1. The van der Waals surface area contributed by atoms with E-state index in [1.54, 1.807) is 0 Å². The molecule has 0 saturated carbocycles. The summed E-state index contributed by atoms with van der Waals surface area (Å²) >= 11 is 3.51. The number of benzene rings is 1. The molecule has 3 unspecified atom stereocenters. The van der Waals surface area contributed by atoms with Crippen molar-refractivity contribution in [3.8, 4) is 5.75 Å². The normalized spacial score (nSPS) is 23.8. The first-order valence-corrected chi connectivity index (χ1v) is 8.20. The van der Waals surface area contributed by atoms with Gasteiger partial charge in [0.15, 0.2) is 0 Å². The largest absolute Gasteiger partial charge is 0.491 e. The van der Waals surface area contributed by atoms with Gasteiger partial charge in [0.1, 0.15) is 12.4 Å². The molecule has 3 atom stereocenters. The second kappa shape index (κ2) is 7.43. The van der Waals surface area contributed by atoms with Crippen molar-refractivity contribution in [3.63, 3.8) is 0 Å². The van der Waals surface area contributed by atoms with E-state index in [0.29, 0.717) is 12.7 Å². The first kappa shape index (κ1) is 15.8. The maximum atomic E-state index is 6.06. The topological polar surface area (TPSA) is 44.5 Å². The zero-order valence-corrected chi connectivity index (χ0v) is 13.9. The average Bonchev–Trinajstić information content (AvgIpc) is 2.83. The van der Waals surface area contributed by atoms with Crippen LogP contribution in [0, 0.1) is 0 Å². The number of hydrogen-bond acceptors (Lipinski definition) is 3. The summed E-state index contributed by atoms with van der Waals surface area (Å²) in [6.07, 6.45) is 4.61. The van der Waals surface area contributed by atoms with E-state index in [4.69, 9.17) is 15.2 Å². The number of rotatable bonds is 6. The summed E-state index contributed by atoms with van der Waals surface area (Å²) in [7, 11) is 0. The molecular formula is C16H24BrNO2. The van der Waals surface area contributed by atoms with Crippen molar-refractivity contribution in [2.24, 2.45) is 5.73 Å². The van der Waals surface area contributed by atoms with Gasteiger partial charge in [0.2, 0.25) is 0 Å². The Balaban J connectivity index is 1.98. The Bertz CT molecular complexity index is 438. The van der Waals surface area contributed by atoms with E-state index >= 15 is 0 Å². The minimum atomic E-state index is 0.175. The van der Waals surface area contributed by atoms with E-state index in [2.05, 4.69) is 35.8 Å². The van der Waals surface area contributed by atoms with Crippen molar-refractivity contribution in [1.82, 2.24) is 0 Å². The summed E-state index contributed by atoms with van der Waals surface area (Å²) in [5.74, 6) is 0.931. The van der Waals surface area contributed by atoms with Gasteiger partial charge in [-0.25, -0.2) is 0 Å².